The van der Waals surface area contributed by atoms with Crippen LogP contribution < -0.4 is 4.74 Å². The first-order chi connectivity index (χ1) is 17.8. The third-order valence-electron chi connectivity index (χ3n) is 5.90. The predicted molar refractivity (Wildman–Crippen MR) is 142 cm³/mol. The number of β-amino-alcohol motifs (C(OH)–C–C–N with tert-alkyl or cyclic N) is 1. The fraction of sp³-hybridized carbons (Fsp3) is 0.500. The highest BCUT2D eigenvalue weighted by molar-refractivity contribution is 7.42. The third-order valence-corrected chi connectivity index (χ3v) is 7.18. The lowest BCUT2D eigenvalue weighted by molar-refractivity contribution is -0.185. The van der Waals surface area contributed by atoms with Crippen molar-refractivity contribution in [2.45, 2.75) is 44.3 Å². The normalized spacial score (nSPS) is 19.6. The second-order valence-corrected chi connectivity index (χ2v) is 11.5. The van der Waals surface area contributed by atoms with Gasteiger partial charge in [-0.3, -0.25) is 28.0 Å². The van der Waals surface area contributed by atoms with E-state index in [9.17, 15) is 19.5 Å². The molecule has 3 atom stereocenters. The van der Waals surface area contributed by atoms with E-state index in [1.807, 2.05) is 36.4 Å². The van der Waals surface area contributed by atoms with E-state index < -0.39 is 50.6 Å². The quantitative estimate of drug-likeness (QED) is 0.273. The maximum Gasteiger partial charge on any atom is 0.337 e. The van der Waals surface area contributed by atoms with Crippen molar-refractivity contribution in [1.29, 1.82) is 0 Å². The first kappa shape index (κ1) is 29.7. The fourth-order valence-electron chi connectivity index (χ4n) is 3.67. The van der Waals surface area contributed by atoms with E-state index in [0.717, 1.165) is 10.8 Å². The minimum absolute atomic E-state index is 0.297. The van der Waals surface area contributed by atoms with E-state index in [2.05, 4.69) is 0 Å². The van der Waals surface area contributed by atoms with Crippen molar-refractivity contribution >= 4 is 37.6 Å². The molecule has 11 nitrogen and oxygen atoms in total. The Bertz CT molecular complexity index is 1120. The standard InChI is InChI=1S/C26H36N3O8P/c1-25(2,3)29(17-30)15-26(33,16-34-20-14-10-12-18-11-8-9-13-19(18)20)37-38-35-21(23(31)27(4)5)22(36-38)24(32)28(6)7/h8-14,17,21-22,33H,15-16H2,1-7H3/t21-,22-,26?/m1/s1. The van der Waals surface area contributed by atoms with Gasteiger partial charge in [-0.25, -0.2) is 0 Å². The summed E-state index contributed by atoms with van der Waals surface area (Å²) in [4.78, 5) is 41.3. The molecule has 1 aliphatic rings. The molecule has 3 amide bonds. The smallest absolute Gasteiger partial charge is 0.337 e. The number of nitrogens with zero attached hydrogens (tertiary/aromatic N) is 3. The van der Waals surface area contributed by atoms with Crippen molar-refractivity contribution in [3.8, 4) is 5.75 Å². The number of aliphatic hydroxyl groups is 1. The number of likely N-dealkylation sites (N-methyl/N-ethyl adjacent to an activating group) is 2. The molecule has 2 aromatic carbocycles. The van der Waals surface area contributed by atoms with Crippen molar-refractivity contribution < 1.29 is 37.8 Å². The molecule has 1 heterocycles. The summed E-state index contributed by atoms with van der Waals surface area (Å²) in [5.41, 5.74) is -0.657. The number of fused-ring (bicyclic) bond motifs is 1. The first-order valence-corrected chi connectivity index (χ1v) is 13.2. The van der Waals surface area contributed by atoms with Gasteiger partial charge >= 0.3 is 8.60 Å². The molecule has 0 saturated carbocycles. The van der Waals surface area contributed by atoms with Gasteiger partial charge in [-0.15, -0.1) is 0 Å². The minimum atomic E-state index is -2.38. The van der Waals surface area contributed by atoms with Crippen LogP contribution in [0, 0.1) is 0 Å². The van der Waals surface area contributed by atoms with Crippen LogP contribution in [0.15, 0.2) is 42.5 Å². The van der Waals surface area contributed by atoms with E-state index in [-0.39, 0.29) is 6.54 Å². The number of rotatable bonds is 10. The minimum Gasteiger partial charge on any atom is -0.487 e. The number of benzene rings is 2. The molecular weight excluding hydrogens is 513 g/mol. The Kier molecular flexibility index (Phi) is 9.33. The van der Waals surface area contributed by atoms with Gasteiger partial charge in [0.05, 0.1) is 6.54 Å². The molecule has 0 bridgehead atoms. The Labute approximate surface area is 224 Å². The Morgan fingerprint density at radius 3 is 2.05 bits per heavy atom. The second kappa shape index (κ2) is 11.9. The third kappa shape index (κ3) is 6.98. The van der Waals surface area contributed by atoms with E-state index in [1.54, 1.807) is 26.8 Å². The van der Waals surface area contributed by atoms with Gasteiger partial charge in [0.2, 0.25) is 12.2 Å². The number of carbonyl (C=O) groups excluding carboxylic acids is 3. The predicted octanol–water partition coefficient (Wildman–Crippen LogP) is 2.37. The lowest BCUT2D eigenvalue weighted by Gasteiger charge is -2.39. The Morgan fingerprint density at radius 1 is 0.974 bits per heavy atom. The molecule has 208 valence electrons. The Hall–Kier alpha value is -2.82. The topological polar surface area (TPSA) is 118 Å². The molecule has 12 heteroatoms. The number of ether oxygens (including phenoxy) is 1. The summed E-state index contributed by atoms with van der Waals surface area (Å²) in [6, 6.07) is 13.1. The average Bonchev–Trinajstić information content (AvgIpc) is 3.27. The van der Waals surface area contributed by atoms with Crippen LogP contribution in [0.3, 0.4) is 0 Å². The van der Waals surface area contributed by atoms with Crippen LogP contribution in [-0.4, -0.2) is 103 Å². The molecular formula is C26H36N3O8P. The van der Waals surface area contributed by atoms with Crippen molar-refractivity contribution in [1.82, 2.24) is 14.7 Å². The molecule has 1 aliphatic heterocycles. The Morgan fingerprint density at radius 2 is 1.53 bits per heavy atom. The zero-order valence-electron chi connectivity index (χ0n) is 22.8. The van der Waals surface area contributed by atoms with Crippen molar-refractivity contribution in [3.05, 3.63) is 42.5 Å². The van der Waals surface area contributed by atoms with Crippen molar-refractivity contribution in [3.63, 3.8) is 0 Å². The van der Waals surface area contributed by atoms with Crippen molar-refractivity contribution in [2.75, 3.05) is 41.3 Å². The molecule has 38 heavy (non-hydrogen) atoms. The number of hydrogen-bond donors (Lipinski definition) is 1. The van der Waals surface area contributed by atoms with Crippen LogP contribution in [0.4, 0.5) is 0 Å². The Balaban J connectivity index is 1.89. The van der Waals surface area contributed by atoms with Crippen LogP contribution in [-0.2, 0) is 28.0 Å². The number of amides is 3. The number of hydrogen-bond acceptors (Lipinski definition) is 8. The molecule has 0 aliphatic carbocycles. The molecule has 1 N–H and O–H groups in total. The molecule has 1 fully saturated rings. The van der Waals surface area contributed by atoms with Gasteiger partial charge < -0.3 is 24.5 Å². The summed E-state index contributed by atoms with van der Waals surface area (Å²) in [7, 11) is 3.75. The van der Waals surface area contributed by atoms with Gasteiger partial charge in [0.15, 0.2) is 12.2 Å². The van der Waals surface area contributed by atoms with Crippen LogP contribution in [0.25, 0.3) is 10.8 Å². The molecule has 1 unspecified atom stereocenters. The zero-order chi connectivity index (χ0) is 28.3. The maximum absolute atomic E-state index is 12.7. The lowest BCUT2D eigenvalue weighted by atomic mass is 10.1. The second-order valence-electron chi connectivity index (χ2n) is 10.4. The fourth-order valence-corrected chi connectivity index (χ4v) is 4.97. The van der Waals surface area contributed by atoms with Gasteiger partial charge in [-0.05, 0) is 32.2 Å². The number of carbonyl (C=O) groups is 3. The van der Waals surface area contributed by atoms with Gasteiger partial charge in [-0.1, -0.05) is 36.4 Å². The molecule has 0 aromatic heterocycles. The van der Waals surface area contributed by atoms with E-state index in [1.165, 1.54) is 42.9 Å². The van der Waals surface area contributed by atoms with Gasteiger partial charge in [0.25, 0.3) is 11.8 Å². The van der Waals surface area contributed by atoms with Crippen LogP contribution in [0.2, 0.25) is 0 Å². The van der Waals surface area contributed by atoms with Gasteiger partial charge in [-0.2, -0.15) is 0 Å². The summed E-state index contributed by atoms with van der Waals surface area (Å²) in [6.07, 6.45) is -1.93. The highest BCUT2D eigenvalue weighted by Crippen LogP contribution is 2.52. The van der Waals surface area contributed by atoms with E-state index in [4.69, 9.17) is 18.3 Å². The zero-order valence-corrected chi connectivity index (χ0v) is 23.7. The van der Waals surface area contributed by atoms with Crippen LogP contribution in [0.5, 0.6) is 5.75 Å². The summed E-state index contributed by atoms with van der Waals surface area (Å²) >= 11 is 0. The highest BCUT2D eigenvalue weighted by atomic mass is 31.2. The van der Waals surface area contributed by atoms with Crippen LogP contribution >= 0.6 is 8.60 Å². The molecule has 0 spiro atoms. The summed E-state index contributed by atoms with van der Waals surface area (Å²) in [5, 5.41) is 13.4. The lowest BCUT2D eigenvalue weighted by Crippen LogP contribution is -2.53. The SMILES string of the molecule is CN(C)C(=O)[C@@H]1OP(OC(O)(COc2cccc3ccccc23)CN(C=O)C(C)(C)C)O[C@H]1C(=O)N(C)C. The average molecular weight is 550 g/mol. The van der Waals surface area contributed by atoms with E-state index >= 15 is 0 Å². The van der Waals surface area contributed by atoms with E-state index in [0.29, 0.717) is 12.2 Å². The maximum atomic E-state index is 12.7. The first-order valence-electron chi connectivity index (χ1n) is 12.1. The molecule has 0 radical (unpaired) electrons. The van der Waals surface area contributed by atoms with Gasteiger partial charge in [0.1, 0.15) is 12.4 Å². The molecule has 3 rings (SSSR count). The molecule has 2 aromatic rings. The molecule has 1 saturated heterocycles. The van der Waals surface area contributed by atoms with Crippen LogP contribution in [0.1, 0.15) is 20.8 Å². The summed E-state index contributed by atoms with van der Waals surface area (Å²) < 4.78 is 23.4. The largest absolute Gasteiger partial charge is 0.487 e. The summed E-state index contributed by atoms with van der Waals surface area (Å²) in [6.45, 7) is 4.72. The van der Waals surface area contributed by atoms with Crippen molar-refractivity contribution in [2.24, 2.45) is 0 Å². The van der Waals surface area contributed by atoms with Gasteiger partial charge in [0, 0.05) is 39.1 Å². The highest BCUT2D eigenvalue weighted by Gasteiger charge is 2.51. The monoisotopic (exact) mass is 549 g/mol. The summed E-state index contributed by atoms with van der Waals surface area (Å²) in [5.74, 6) is -2.59.